The third-order valence-electron chi connectivity index (χ3n) is 3.94. The van der Waals surface area contributed by atoms with Gasteiger partial charge in [-0.05, 0) is 25.5 Å². The highest BCUT2D eigenvalue weighted by Crippen LogP contribution is 2.12. The minimum absolute atomic E-state index is 0.0572. The van der Waals surface area contributed by atoms with E-state index in [9.17, 15) is 4.79 Å². The summed E-state index contributed by atoms with van der Waals surface area (Å²) in [5, 5.41) is 7.26. The molecule has 1 amide bonds. The van der Waals surface area contributed by atoms with E-state index in [0.717, 1.165) is 24.5 Å². The predicted octanol–water partition coefficient (Wildman–Crippen LogP) is 3.67. The number of rotatable bonds is 9. The lowest BCUT2D eigenvalue weighted by atomic mass is 10.1. The number of pyridine rings is 1. The van der Waals surface area contributed by atoms with Gasteiger partial charge in [0.15, 0.2) is 5.82 Å². The number of amides is 1. The summed E-state index contributed by atoms with van der Waals surface area (Å²) >= 11 is 0. The van der Waals surface area contributed by atoms with Gasteiger partial charge in [-0.2, -0.15) is 5.10 Å². The van der Waals surface area contributed by atoms with Crippen molar-refractivity contribution in [2.75, 3.05) is 6.54 Å². The number of hydrogen-bond donors (Lipinski definition) is 1. The molecule has 0 atom stereocenters. The second-order valence-corrected chi connectivity index (χ2v) is 5.77. The lowest BCUT2D eigenvalue weighted by Gasteiger charge is -2.06. The molecule has 2 aromatic heterocycles. The molecule has 5 nitrogen and oxygen atoms in total. The third-order valence-corrected chi connectivity index (χ3v) is 3.94. The zero-order valence-corrected chi connectivity index (χ0v) is 14.1. The van der Waals surface area contributed by atoms with E-state index >= 15 is 0 Å². The van der Waals surface area contributed by atoms with Gasteiger partial charge < -0.3 is 5.32 Å². The molecule has 0 saturated carbocycles. The molecule has 0 unspecified atom stereocenters. The first-order chi connectivity index (χ1) is 11.2. The summed E-state index contributed by atoms with van der Waals surface area (Å²) in [6, 6.07) is 5.64. The first-order valence-corrected chi connectivity index (χ1v) is 8.48. The van der Waals surface area contributed by atoms with Crippen LogP contribution in [0, 0.1) is 6.92 Å². The molecule has 0 saturated heterocycles. The predicted molar refractivity (Wildman–Crippen MR) is 91.8 cm³/mol. The third kappa shape index (κ3) is 4.91. The first-order valence-electron chi connectivity index (χ1n) is 8.48. The standard InChI is InChI=1S/C18H26N4O/c1-3-4-5-6-7-9-13-20-18(23)16-14-21-22(15(16)2)17-11-8-10-12-19-17/h8,10-12,14H,3-7,9,13H2,1-2H3,(H,20,23). The van der Waals surface area contributed by atoms with E-state index in [4.69, 9.17) is 0 Å². The van der Waals surface area contributed by atoms with Gasteiger partial charge in [-0.15, -0.1) is 0 Å². The number of carbonyl (C=O) groups excluding carboxylic acids is 1. The van der Waals surface area contributed by atoms with E-state index in [1.54, 1.807) is 17.1 Å². The minimum Gasteiger partial charge on any atom is -0.352 e. The van der Waals surface area contributed by atoms with Crippen molar-refractivity contribution in [1.82, 2.24) is 20.1 Å². The van der Waals surface area contributed by atoms with Gasteiger partial charge in [-0.25, -0.2) is 9.67 Å². The maximum Gasteiger partial charge on any atom is 0.254 e. The molecule has 0 radical (unpaired) electrons. The van der Waals surface area contributed by atoms with Crippen molar-refractivity contribution in [3.8, 4) is 5.82 Å². The smallest absolute Gasteiger partial charge is 0.254 e. The number of hydrogen-bond acceptors (Lipinski definition) is 3. The Labute approximate surface area is 138 Å². The molecule has 2 rings (SSSR count). The summed E-state index contributed by atoms with van der Waals surface area (Å²) in [4.78, 5) is 16.5. The first kappa shape index (κ1) is 17.2. The lowest BCUT2D eigenvalue weighted by molar-refractivity contribution is 0.0952. The summed E-state index contributed by atoms with van der Waals surface area (Å²) in [6.07, 6.45) is 10.6. The molecule has 5 heteroatoms. The van der Waals surface area contributed by atoms with E-state index in [2.05, 4.69) is 22.3 Å². The van der Waals surface area contributed by atoms with Crippen LogP contribution in [0.2, 0.25) is 0 Å². The Morgan fingerprint density at radius 3 is 2.70 bits per heavy atom. The summed E-state index contributed by atoms with van der Waals surface area (Å²) in [7, 11) is 0. The highest BCUT2D eigenvalue weighted by molar-refractivity contribution is 5.95. The largest absolute Gasteiger partial charge is 0.352 e. The van der Waals surface area contributed by atoms with Crippen LogP contribution in [0.5, 0.6) is 0 Å². The fourth-order valence-corrected chi connectivity index (χ4v) is 2.54. The molecule has 0 aliphatic carbocycles. The molecule has 23 heavy (non-hydrogen) atoms. The van der Waals surface area contributed by atoms with Gasteiger partial charge in [0, 0.05) is 12.7 Å². The van der Waals surface area contributed by atoms with E-state index in [1.165, 1.54) is 32.1 Å². The normalized spacial score (nSPS) is 10.7. The van der Waals surface area contributed by atoms with Crippen LogP contribution >= 0.6 is 0 Å². The molecule has 0 bridgehead atoms. The van der Waals surface area contributed by atoms with Crippen molar-refractivity contribution >= 4 is 5.91 Å². The fraction of sp³-hybridized carbons (Fsp3) is 0.500. The Hall–Kier alpha value is -2.17. The monoisotopic (exact) mass is 314 g/mol. The number of aromatic nitrogens is 3. The average molecular weight is 314 g/mol. The van der Waals surface area contributed by atoms with E-state index < -0.39 is 0 Å². The zero-order valence-electron chi connectivity index (χ0n) is 14.1. The maximum absolute atomic E-state index is 12.3. The summed E-state index contributed by atoms with van der Waals surface area (Å²) in [5.74, 6) is 0.665. The van der Waals surface area contributed by atoms with Crippen LogP contribution in [0.3, 0.4) is 0 Å². The van der Waals surface area contributed by atoms with Gasteiger partial charge in [-0.1, -0.05) is 45.1 Å². The number of nitrogens with one attached hydrogen (secondary N) is 1. The van der Waals surface area contributed by atoms with Crippen molar-refractivity contribution in [2.45, 2.75) is 52.4 Å². The van der Waals surface area contributed by atoms with Crippen LogP contribution in [-0.2, 0) is 0 Å². The molecule has 0 aromatic carbocycles. The molecule has 0 aliphatic rings. The summed E-state index contributed by atoms with van der Waals surface area (Å²) < 4.78 is 1.69. The van der Waals surface area contributed by atoms with E-state index in [-0.39, 0.29) is 5.91 Å². The van der Waals surface area contributed by atoms with Gasteiger partial charge >= 0.3 is 0 Å². The lowest BCUT2D eigenvalue weighted by Crippen LogP contribution is -2.24. The van der Waals surface area contributed by atoms with Crippen LogP contribution in [-0.4, -0.2) is 27.2 Å². The van der Waals surface area contributed by atoms with Gasteiger partial charge in [0.05, 0.1) is 17.5 Å². The van der Waals surface area contributed by atoms with Gasteiger partial charge in [0.25, 0.3) is 5.91 Å². The van der Waals surface area contributed by atoms with Crippen molar-refractivity contribution in [3.63, 3.8) is 0 Å². The summed E-state index contributed by atoms with van der Waals surface area (Å²) in [6.45, 7) is 4.83. The molecule has 2 heterocycles. The Morgan fingerprint density at radius 1 is 1.17 bits per heavy atom. The molecule has 0 spiro atoms. The van der Waals surface area contributed by atoms with E-state index in [1.807, 2.05) is 25.1 Å². The highest BCUT2D eigenvalue weighted by atomic mass is 16.1. The van der Waals surface area contributed by atoms with Crippen molar-refractivity contribution in [1.29, 1.82) is 0 Å². The Bertz CT molecular complexity index is 607. The number of nitrogens with zero attached hydrogens (tertiary/aromatic N) is 3. The van der Waals surface area contributed by atoms with Gasteiger partial charge in [0.2, 0.25) is 0 Å². The van der Waals surface area contributed by atoms with Crippen LogP contribution in [0.4, 0.5) is 0 Å². The second kappa shape index (κ2) is 9.08. The molecule has 1 N–H and O–H groups in total. The van der Waals surface area contributed by atoms with Crippen LogP contribution in [0.15, 0.2) is 30.6 Å². The molecular weight excluding hydrogens is 288 g/mol. The summed E-state index contributed by atoms with van der Waals surface area (Å²) in [5.41, 5.74) is 1.42. The Kier molecular flexibility index (Phi) is 6.78. The van der Waals surface area contributed by atoms with Gasteiger partial charge in [0.1, 0.15) is 0 Å². The number of unbranched alkanes of at least 4 members (excludes halogenated alkanes) is 5. The van der Waals surface area contributed by atoms with Crippen molar-refractivity contribution in [3.05, 3.63) is 41.9 Å². The van der Waals surface area contributed by atoms with Crippen molar-refractivity contribution < 1.29 is 4.79 Å². The van der Waals surface area contributed by atoms with E-state index in [0.29, 0.717) is 5.56 Å². The molecule has 124 valence electrons. The van der Waals surface area contributed by atoms with Crippen LogP contribution in [0.1, 0.15) is 61.5 Å². The fourth-order valence-electron chi connectivity index (χ4n) is 2.54. The van der Waals surface area contributed by atoms with Crippen molar-refractivity contribution in [2.24, 2.45) is 0 Å². The topological polar surface area (TPSA) is 59.8 Å². The molecule has 0 aliphatic heterocycles. The van der Waals surface area contributed by atoms with Gasteiger partial charge in [-0.3, -0.25) is 4.79 Å². The highest BCUT2D eigenvalue weighted by Gasteiger charge is 2.14. The SMILES string of the molecule is CCCCCCCCNC(=O)c1cnn(-c2ccccn2)c1C. The number of carbonyl (C=O) groups is 1. The average Bonchev–Trinajstić information content (AvgIpc) is 2.96. The Morgan fingerprint density at radius 2 is 1.96 bits per heavy atom. The van der Waals surface area contributed by atoms with Crippen LogP contribution < -0.4 is 5.32 Å². The second-order valence-electron chi connectivity index (χ2n) is 5.77. The minimum atomic E-state index is -0.0572. The molecular formula is C18H26N4O. The molecule has 2 aromatic rings. The van der Waals surface area contributed by atoms with Crippen LogP contribution in [0.25, 0.3) is 5.82 Å². The Balaban J connectivity index is 1.83. The molecule has 0 fully saturated rings. The maximum atomic E-state index is 12.3. The zero-order chi connectivity index (χ0) is 16.5. The quantitative estimate of drug-likeness (QED) is 0.718.